The summed E-state index contributed by atoms with van der Waals surface area (Å²) in [6.07, 6.45) is 3.08. The summed E-state index contributed by atoms with van der Waals surface area (Å²) in [5.41, 5.74) is 0. The number of hydrogen-bond acceptors (Lipinski definition) is 5. The molecule has 0 aliphatic heterocycles. The average molecular weight is 223 g/mol. The minimum atomic E-state index is -3.82. The van der Waals surface area contributed by atoms with Crippen LogP contribution in [-0.4, -0.2) is 23.4 Å². The highest BCUT2D eigenvalue weighted by molar-refractivity contribution is 7.91. The zero-order valence-electron chi connectivity index (χ0n) is 9.45. The summed E-state index contributed by atoms with van der Waals surface area (Å²) in [6, 6.07) is 2.68. The summed E-state index contributed by atoms with van der Waals surface area (Å²) in [7, 11) is -3.82. The van der Waals surface area contributed by atoms with Gasteiger partial charge < -0.3 is 0 Å². The predicted molar refractivity (Wildman–Crippen MR) is 51.7 cm³/mol. The fourth-order valence-electron chi connectivity index (χ4n) is 0.963. The first kappa shape index (κ1) is 7.47. The van der Waals surface area contributed by atoms with Crippen LogP contribution in [-0.2, 0) is 9.84 Å². The Morgan fingerprint density at radius 3 is 2.60 bits per heavy atom. The zero-order valence-corrected chi connectivity index (χ0v) is 8.27. The fourth-order valence-corrected chi connectivity index (χ4v) is 2.00. The van der Waals surface area contributed by atoms with E-state index in [0.29, 0.717) is 0 Å². The third-order valence-electron chi connectivity index (χ3n) is 1.64. The van der Waals surface area contributed by atoms with Crippen molar-refractivity contribution in [3.8, 4) is 0 Å². The lowest BCUT2D eigenvalue weighted by Crippen LogP contribution is -2.06. The molecule has 2 rings (SSSR count). The minimum Gasteiger partial charge on any atom is -0.260 e. The van der Waals surface area contributed by atoms with Crippen molar-refractivity contribution in [1.29, 1.82) is 0 Å². The number of nitrogens with zero attached hydrogens (tertiary/aromatic N) is 3. The fraction of sp³-hybridized carbons (Fsp3) is 0. The Labute approximate surface area is 89.6 Å². The summed E-state index contributed by atoms with van der Waals surface area (Å²) in [6.45, 7) is 0. The zero-order chi connectivity index (χ0) is 12.5. The van der Waals surface area contributed by atoms with Crippen LogP contribution in [0.2, 0.25) is 0 Å². The maximum absolute atomic E-state index is 12.0. The SMILES string of the molecule is [2H]c1ccc(S(=O)(=O)c2cnc([2H])cn2)nc1. The summed E-state index contributed by atoms with van der Waals surface area (Å²) in [5.74, 6) is 0. The molecule has 0 saturated heterocycles. The van der Waals surface area contributed by atoms with Crippen LogP contribution in [0.3, 0.4) is 0 Å². The topological polar surface area (TPSA) is 72.8 Å². The largest absolute Gasteiger partial charge is 0.260 e. The van der Waals surface area contributed by atoms with Gasteiger partial charge in [0.15, 0.2) is 10.1 Å². The van der Waals surface area contributed by atoms with Gasteiger partial charge in [-0.05, 0) is 12.1 Å². The molecule has 6 heteroatoms. The quantitative estimate of drug-likeness (QED) is 0.749. The molecule has 0 N–H and O–H groups in total. The summed E-state index contributed by atoms with van der Waals surface area (Å²) < 4.78 is 38.3. The van der Waals surface area contributed by atoms with Crippen molar-refractivity contribution < 1.29 is 11.2 Å². The molecule has 2 aromatic heterocycles. The molecule has 0 bridgehead atoms. The Hall–Kier alpha value is -1.82. The van der Waals surface area contributed by atoms with E-state index in [0.717, 1.165) is 18.6 Å². The molecule has 76 valence electrons. The van der Waals surface area contributed by atoms with Gasteiger partial charge in [0.2, 0.25) is 9.84 Å². The molecular formula is C9H7N3O2S. The lowest BCUT2D eigenvalue weighted by atomic mass is 10.5. The Kier molecular flexibility index (Phi) is 1.86. The van der Waals surface area contributed by atoms with Gasteiger partial charge in [-0.3, -0.25) is 4.98 Å². The average Bonchev–Trinajstić information content (AvgIpc) is 2.30. The van der Waals surface area contributed by atoms with E-state index in [4.69, 9.17) is 2.74 Å². The Morgan fingerprint density at radius 2 is 2.00 bits per heavy atom. The van der Waals surface area contributed by atoms with E-state index in [9.17, 15) is 8.42 Å². The number of pyridine rings is 1. The van der Waals surface area contributed by atoms with Crippen LogP contribution in [0.4, 0.5) is 0 Å². The van der Waals surface area contributed by atoms with Crippen molar-refractivity contribution in [3.05, 3.63) is 42.9 Å². The standard InChI is InChI=1S/C9H7N3O2S/c13-15(14,8-3-1-2-4-11-8)9-7-10-5-6-12-9/h1-7H/i2D,5D. The molecule has 0 radical (unpaired) electrons. The second-order valence-corrected chi connectivity index (χ2v) is 4.43. The molecular weight excluding hydrogens is 214 g/mol. The van der Waals surface area contributed by atoms with Crippen molar-refractivity contribution in [2.24, 2.45) is 0 Å². The monoisotopic (exact) mass is 223 g/mol. The number of sulfone groups is 1. The van der Waals surface area contributed by atoms with Gasteiger partial charge in [-0.25, -0.2) is 18.4 Å². The van der Waals surface area contributed by atoms with Crippen LogP contribution in [0.25, 0.3) is 0 Å². The van der Waals surface area contributed by atoms with Crippen LogP contribution in [0, 0.1) is 0 Å². The van der Waals surface area contributed by atoms with E-state index in [-0.39, 0.29) is 22.3 Å². The first-order chi connectivity index (χ1) is 8.00. The normalized spacial score (nSPS) is 13.1. The van der Waals surface area contributed by atoms with Gasteiger partial charge in [-0.2, -0.15) is 0 Å². The van der Waals surface area contributed by atoms with Gasteiger partial charge in [0.1, 0.15) is 0 Å². The molecule has 0 spiro atoms. The predicted octanol–water partition coefficient (Wildman–Crippen LogP) is 0.704. The van der Waals surface area contributed by atoms with Crippen LogP contribution >= 0.6 is 0 Å². The molecule has 2 heterocycles. The van der Waals surface area contributed by atoms with Gasteiger partial charge in [0.05, 0.1) is 8.94 Å². The Balaban J connectivity index is 2.50. The van der Waals surface area contributed by atoms with E-state index in [1.54, 1.807) is 0 Å². The number of aromatic nitrogens is 3. The molecule has 0 saturated carbocycles. The highest BCUT2D eigenvalue weighted by Gasteiger charge is 2.19. The van der Waals surface area contributed by atoms with Gasteiger partial charge >= 0.3 is 0 Å². The maximum Gasteiger partial charge on any atom is 0.242 e. The third-order valence-corrected chi connectivity index (χ3v) is 3.19. The third kappa shape index (κ3) is 1.84. The first-order valence-electron chi connectivity index (χ1n) is 4.96. The van der Waals surface area contributed by atoms with Crippen LogP contribution in [0.5, 0.6) is 0 Å². The summed E-state index contributed by atoms with van der Waals surface area (Å²) in [4.78, 5) is 10.8. The number of hydrogen-bond donors (Lipinski definition) is 0. The summed E-state index contributed by atoms with van der Waals surface area (Å²) >= 11 is 0. The van der Waals surface area contributed by atoms with Crippen molar-refractivity contribution in [2.45, 2.75) is 10.1 Å². The van der Waals surface area contributed by atoms with Crippen LogP contribution in [0.15, 0.2) is 53.0 Å². The maximum atomic E-state index is 12.0. The molecule has 0 fully saturated rings. The first-order valence-corrected chi connectivity index (χ1v) is 5.45. The second-order valence-electron chi connectivity index (χ2n) is 2.58. The van der Waals surface area contributed by atoms with Crippen LogP contribution in [0.1, 0.15) is 2.74 Å². The van der Waals surface area contributed by atoms with E-state index in [2.05, 4.69) is 15.0 Å². The molecule has 0 aliphatic carbocycles. The molecule has 5 nitrogen and oxygen atoms in total. The molecule has 0 amide bonds. The lowest BCUT2D eigenvalue weighted by molar-refractivity contribution is 0.588. The van der Waals surface area contributed by atoms with Gasteiger partial charge in [0.25, 0.3) is 0 Å². The highest BCUT2D eigenvalue weighted by Crippen LogP contribution is 2.14. The molecule has 0 unspecified atom stereocenters. The lowest BCUT2D eigenvalue weighted by Gasteiger charge is -2.00. The van der Waals surface area contributed by atoms with Crippen molar-refractivity contribution in [2.75, 3.05) is 0 Å². The highest BCUT2D eigenvalue weighted by atomic mass is 32.2. The van der Waals surface area contributed by atoms with Gasteiger partial charge in [0, 0.05) is 18.6 Å². The van der Waals surface area contributed by atoms with E-state index in [1.165, 1.54) is 12.1 Å². The smallest absolute Gasteiger partial charge is 0.242 e. The molecule has 2 aromatic rings. The van der Waals surface area contributed by atoms with Crippen molar-refractivity contribution >= 4 is 9.84 Å². The Bertz CT molecular complexity index is 575. The van der Waals surface area contributed by atoms with E-state index < -0.39 is 9.84 Å². The van der Waals surface area contributed by atoms with Gasteiger partial charge in [-0.15, -0.1) is 0 Å². The van der Waals surface area contributed by atoms with Crippen molar-refractivity contribution in [3.63, 3.8) is 0 Å². The Morgan fingerprint density at radius 1 is 1.20 bits per heavy atom. The molecule has 15 heavy (non-hydrogen) atoms. The van der Waals surface area contributed by atoms with Gasteiger partial charge in [-0.1, -0.05) is 6.07 Å². The molecule has 0 aromatic carbocycles. The van der Waals surface area contributed by atoms with Crippen LogP contribution < -0.4 is 0 Å². The minimum absolute atomic E-state index is 0.113. The number of rotatable bonds is 2. The molecule has 0 atom stereocenters. The molecule has 0 aliphatic rings. The van der Waals surface area contributed by atoms with Crippen molar-refractivity contribution in [1.82, 2.24) is 15.0 Å². The summed E-state index contributed by atoms with van der Waals surface area (Å²) in [5, 5.41) is -0.459. The van der Waals surface area contributed by atoms with E-state index in [1.807, 2.05) is 0 Å². The van der Waals surface area contributed by atoms with E-state index >= 15 is 0 Å². The second kappa shape index (κ2) is 3.74.